The fourth-order valence-corrected chi connectivity index (χ4v) is 3.15. The molecule has 0 spiro atoms. The Labute approximate surface area is 131 Å². The van der Waals surface area contributed by atoms with Crippen LogP contribution in [0, 0.1) is 17.2 Å². The molecule has 1 fully saturated rings. The first-order chi connectivity index (χ1) is 10.7. The van der Waals surface area contributed by atoms with Crippen molar-refractivity contribution in [3.63, 3.8) is 0 Å². The van der Waals surface area contributed by atoms with E-state index in [1.165, 1.54) is 18.4 Å². The van der Waals surface area contributed by atoms with Gasteiger partial charge in [-0.05, 0) is 30.4 Å². The summed E-state index contributed by atoms with van der Waals surface area (Å²) in [5, 5.41) is 9.43. The molecule has 1 aliphatic rings. The van der Waals surface area contributed by atoms with E-state index in [4.69, 9.17) is 5.73 Å². The van der Waals surface area contributed by atoms with Crippen LogP contribution in [0.3, 0.4) is 0 Å². The second kappa shape index (κ2) is 6.15. The molecular weight excluding hydrogens is 272 g/mol. The number of nitrogen functional groups attached to an aromatic ring is 1. The Kier molecular flexibility index (Phi) is 4.06. The minimum Gasteiger partial charge on any atom is -0.396 e. The van der Waals surface area contributed by atoms with Crippen LogP contribution in [0.4, 0.5) is 11.5 Å². The van der Waals surface area contributed by atoms with E-state index in [1.807, 2.05) is 18.2 Å². The summed E-state index contributed by atoms with van der Waals surface area (Å²) in [4.78, 5) is 2.33. The molecule has 0 aliphatic carbocycles. The molecule has 0 unspecified atom stereocenters. The van der Waals surface area contributed by atoms with E-state index in [1.54, 1.807) is 6.07 Å². The van der Waals surface area contributed by atoms with E-state index < -0.39 is 0 Å². The van der Waals surface area contributed by atoms with E-state index >= 15 is 0 Å². The van der Waals surface area contributed by atoms with E-state index in [0.717, 1.165) is 24.8 Å². The largest absolute Gasteiger partial charge is 0.396 e. The lowest BCUT2D eigenvalue weighted by atomic mass is 9.99. The van der Waals surface area contributed by atoms with E-state index in [9.17, 15) is 5.26 Å². The smallest absolute Gasteiger partial charge is 0.133 e. The summed E-state index contributed by atoms with van der Waals surface area (Å²) in [6.07, 6.45) is 2.36. The number of hydrogen-bond acceptors (Lipinski definition) is 3. The van der Waals surface area contributed by atoms with Crippen molar-refractivity contribution in [3.05, 3.63) is 47.7 Å². The van der Waals surface area contributed by atoms with Gasteiger partial charge in [0.1, 0.15) is 17.6 Å². The number of piperidine rings is 1. The van der Waals surface area contributed by atoms with Crippen molar-refractivity contribution in [2.75, 3.05) is 23.7 Å². The average Bonchev–Trinajstić information content (AvgIpc) is 2.85. The average molecular weight is 294 g/mol. The second-order valence-electron chi connectivity index (χ2n) is 6.16. The highest BCUT2D eigenvalue weighted by Gasteiger charge is 2.23. The summed E-state index contributed by atoms with van der Waals surface area (Å²) in [6.45, 7) is 5.00. The van der Waals surface area contributed by atoms with Crippen molar-refractivity contribution in [2.24, 2.45) is 5.92 Å². The standard InChI is InChI=1S/C18H22N4/c1-14-7-9-21(10-8-14)18-17(20)11-16(12-19)22(18)13-15-5-3-2-4-6-15/h2-6,11,14H,7-10,13,20H2,1H3. The zero-order chi connectivity index (χ0) is 15.5. The van der Waals surface area contributed by atoms with Crippen LogP contribution in [0.15, 0.2) is 36.4 Å². The number of nitrogens with zero attached hydrogens (tertiary/aromatic N) is 3. The maximum atomic E-state index is 9.43. The predicted molar refractivity (Wildman–Crippen MR) is 89.7 cm³/mol. The summed E-state index contributed by atoms with van der Waals surface area (Å²) in [7, 11) is 0. The molecule has 2 aromatic rings. The molecule has 1 aliphatic heterocycles. The third kappa shape index (κ3) is 2.80. The van der Waals surface area contributed by atoms with Gasteiger partial charge in [-0.15, -0.1) is 0 Å². The van der Waals surface area contributed by atoms with Crippen molar-refractivity contribution < 1.29 is 0 Å². The van der Waals surface area contributed by atoms with Crippen molar-refractivity contribution in [1.82, 2.24) is 4.57 Å². The number of nitrogens with two attached hydrogens (primary N) is 1. The summed E-state index contributed by atoms with van der Waals surface area (Å²) in [5.74, 6) is 1.78. The number of benzene rings is 1. The Bertz CT molecular complexity index is 673. The van der Waals surface area contributed by atoms with Crippen molar-refractivity contribution in [1.29, 1.82) is 5.26 Å². The minimum absolute atomic E-state index is 0.634. The number of aromatic nitrogens is 1. The molecule has 4 nitrogen and oxygen atoms in total. The molecule has 2 heterocycles. The van der Waals surface area contributed by atoms with Crippen LogP contribution in [0.2, 0.25) is 0 Å². The van der Waals surface area contributed by atoms with Gasteiger partial charge in [-0.25, -0.2) is 0 Å². The fourth-order valence-electron chi connectivity index (χ4n) is 3.15. The van der Waals surface area contributed by atoms with Gasteiger partial charge in [0.25, 0.3) is 0 Å². The third-order valence-electron chi connectivity index (χ3n) is 4.48. The van der Waals surface area contributed by atoms with Gasteiger partial charge in [0.05, 0.1) is 12.2 Å². The summed E-state index contributed by atoms with van der Waals surface area (Å²) < 4.78 is 2.06. The van der Waals surface area contributed by atoms with Crippen LogP contribution in [0.5, 0.6) is 0 Å². The molecular formula is C18H22N4. The highest BCUT2D eigenvalue weighted by atomic mass is 15.3. The van der Waals surface area contributed by atoms with Crippen molar-refractivity contribution in [3.8, 4) is 6.07 Å². The summed E-state index contributed by atoms with van der Waals surface area (Å²) in [5.41, 5.74) is 8.75. The minimum atomic E-state index is 0.634. The highest BCUT2D eigenvalue weighted by Crippen LogP contribution is 2.32. The maximum absolute atomic E-state index is 9.43. The first kappa shape index (κ1) is 14.5. The van der Waals surface area contributed by atoms with Gasteiger partial charge >= 0.3 is 0 Å². The molecule has 1 saturated heterocycles. The van der Waals surface area contributed by atoms with Crippen LogP contribution < -0.4 is 10.6 Å². The fraction of sp³-hybridized carbons (Fsp3) is 0.389. The Morgan fingerprint density at radius 2 is 1.91 bits per heavy atom. The van der Waals surface area contributed by atoms with Crippen LogP contribution in [-0.4, -0.2) is 17.7 Å². The lowest BCUT2D eigenvalue weighted by Crippen LogP contribution is -2.35. The third-order valence-corrected chi connectivity index (χ3v) is 4.48. The lowest BCUT2D eigenvalue weighted by Gasteiger charge is -2.33. The highest BCUT2D eigenvalue weighted by molar-refractivity contribution is 5.68. The first-order valence-electron chi connectivity index (χ1n) is 7.87. The van der Waals surface area contributed by atoms with Gasteiger partial charge in [0, 0.05) is 13.1 Å². The van der Waals surface area contributed by atoms with Gasteiger partial charge in [0.2, 0.25) is 0 Å². The van der Waals surface area contributed by atoms with Gasteiger partial charge in [0.15, 0.2) is 0 Å². The summed E-state index contributed by atoms with van der Waals surface area (Å²) in [6, 6.07) is 14.3. The van der Waals surface area contributed by atoms with Gasteiger partial charge in [-0.2, -0.15) is 5.26 Å². The normalized spacial score (nSPS) is 15.7. The number of hydrogen-bond donors (Lipinski definition) is 1. The molecule has 114 valence electrons. The first-order valence-corrected chi connectivity index (χ1v) is 7.87. The molecule has 0 saturated carbocycles. The molecule has 4 heteroatoms. The maximum Gasteiger partial charge on any atom is 0.133 e. The molecule has 0 bridgehead atoms. The quantitative estimate of drug-likeness (QED) is 0.945. The van der Waals surface area contributed by atoms with Gasteiger partial charge in [-0.1, -0.05) is 37.3 Å². The molecule has 1 aromatic heterocycles. The second-order valence-corrected chi connectivity index (χ2v) is 6.16. The van der Waals surface area contributed by atoms with E-state index in [0.29, 0.717) is 17.9 Å². The number of rotatable bonds is 3. The molecule has 1 aromatic carbocycles. The molecule has 0 atom stereocenters. The number of nitriles is 1. The van der Waals surface area contributed by atoms with Crippen molar-refractivity contribution >= 4 is 11.5 Å². The zero-order valence-corrected chi connectivity index (χ0v) is 13.0. The van der Waals surface area contributed by atoms with Crippen LogP contribution in [0.25, 0.3) is 0 Å². The Hall–Kier alpha value is -2.41. The van der Waals surface area contributed by atoms with E-state index in [-0.39, 0.29) is 0 Å². The Morgan fingerprint density at radius 1 is 1.23 bits per heavy atom. The van der Waals surface area contributed by atoms with Crippen molar-refractivity contribution in [2.45, 2.75) is 26.3 Å². The molecule has 3 rings (SSSR count). The van der Waals surface area contributed by atoms with E-state index in [2.05, 4.69) is 34.6 Å². The van der Waals surface area contributed by atoms with Crippen LogP contribution in [-0.2, 0) is 6.54 Å². The summed E-state index contributed by atoms with van der Waals surface area (Å²) >= 11 is 0. The van der Waals surface area contributed by atoms with Gasteiger partial charge in [-0.3, -0.25) is 0 Å². The van der Waals surface area contributed by atoms with Crippen LogP contribution >= 0.6 is 0 Å². The zero-order valence-electron chi connectivity index (χ0n) is 13.0. The topological polar surface area (TPSA) is 58.0 Å². The molecule has 0 radical (unpaired) electrons. The molecule has 2 N–H and O–H groups in total. The Balaban J connectivity index is 1.95. The lowest BCUT2D eigenvalue weighted by molar-refractivity contribution is 0.434. The van der Waals surface area contributed by atoms with Gasteiger partial charge < -0.3 is 15.2 Å². The predicted octanol–water partition coefficient (Wildman–Crippen LogP) is 3.23. The SMILES string of the molecule is CC1CCN(c2c(N)cc(C#N)n2Cc2ccccc2)CC1. The molecule has 0 amide bonds. The molecule has 22 heavy (non-hydrogen) atoms. The van der Waals surface area contributed by atoms with Crippen LogP contribution in [0.1, 0.15) is 31.0 Å². The Morgan fingerprint density at radius 3 is 2.55 bits per heavy atom. The monoisotopic (exact) mass is 294 g/mol. The number of anilines is 2.